The van der Waals surface area contributed by atoms with E-state index in [1.807, 2.05) is 23.5 Å². The lowest BCUT2D eigenvalue weighted by Gasteiger charge is -2.23. The third-order valence-corrected chi connectivity index (χ3v) is 5.03. The predicted octanol–water partition coefficient (Wildman–Crippen LogP) is 0.260. The molecular formula is C9H17NO3S2. The molecule has 0 amide bonds. The largest absolute Gasteiger partial charge is 0.479 e. The lowest BCUT2D eigenvalue weighted by atomic mass is 10.1. The van der Waals surface area contributed by atoms with Crippen LogP contribution in [0, 0.1) is 0 Å². The SMILES string of the molecule is CC(O)(CNCC1CSCCS1)C(=O)O. The summed E-state index contributed by atoms with van der Waals surface area (Å²) in [6, 6.07) is 0. The molecule has 4 nitrogen and oxygen atoms in total. The van der Waals surface area contributed by atoms with E-state index in [1.165, 1.54) is 12.7 Å². The monoisotopic (exact) mass is 251 g/mol. The normalized spacial score (nSPS) is 25.9. The van der Waals surface area contributed by atoms with Crippen LogP contribution in [0.3, 0.4) is 0 Å². The first-order valence-electron chi connectivity index (χ1n) is 4.88. The molecule has 0 aromatic carbocycles. The van der Waals surface area contributed by atoms with Crippen molar-refractivity contribution >= 4 is 29.5 Å². The molecule has 0 spiro atoms. The maximum Gasteiger partial charge on any atom is 0.336 e. The van der Waals surface area contributed by atoms with Crippen molar-refractivity contribution in [1.29, 1.82) is 0 Å². The molecule has 1 rings (SSSR count). The number of rotatable bonds is 5. The quantitative estimate of drug-likeness (QED) is 0.651. The average molecular weight is 251 g/mol. The molecule has 1 fully saturated rings. The molecule has 6 heteroatoms. The van der Waals surface area contributed by atoms with Gasteiger partial charge in [-0.05, 0) is 6.92 Å². The Hall–Kier alpha value is 0.0900. The summed E-state index contributed by atoms with van der Waals surface area (Å²) in [7, 11) is 0. The molecule has 0 radical (unpaired) electrons. The van der Waals surface area contributed by atoms with Crippen LogP contribution in [-0.4, -0.2) is 57.4 Å². The fraction of sp³-hybridized carbons (Fsp3) is 0.889. The van der Waals surface area contributed by atoms with E-state index < -0.39 is 11.6 Å². The van der Waals surface area contributed by atoms with Crippen molar-refractivity contribution in [2.24, 2.45) is 0 Å². The Balaban J connectivity index is 2.17. The summed E-state index contributed by atoms with van der Waals surface area (Å²) in [5, 5.41) is 21.7. The van der Waals surface area contributed by atoms with Crippen molar-refractivity contribution in [3.63, 3.8) is 0 Å². The third kappa shape index (κ3) is 4.63. The number of aliphatic carboxylic acids is 1. The standard InChI is InChI=1S/C9H17NO3S2/c1-9(13,8(11)12)6-10-4-7-5-14-2-3-15-7/h7,10,13H,2-6H2,1H3,(H,11,12). The maximum absolute atomic E-state index is 10.6. The second-order valence-corrected chi connectivity index (χ2v) is 6.34. The highest BCUT2D eigenvalue weighted by Crippen LogP contribution is 2.23. The molecule has 1 aliphatic rings. The van der Waals surface area contributed by atoms with Crippen molar-refractivity contribution in [1.82, 2.24) is 5.32 Å². The van der Waals surface area contributed by atoms with Crippen molar-refractivity contribution in [3.8, 4) is 0 Å². The molecule has 88 valence electrons. The Labute approximate surface area is 98.2 Å². The Morgan fingerprint density at radius 3 is 2.87 bits per heavy atom. The van der Waals surface area contributed by atoms with Gasteiger partial charge in [-0.1, -0.05) is 0 Å². The molecule has 0 saturated carbocycles. The maximum atomic E-state index is 10.6. The number of hydrogen-bond donors (Lipinski definition) is 3. The van der Waals surface area contributed by atoms with Crippen LogP contribution in [-0.2, 0) is 4.79 Å². The van der Waals surface area contributed by atoms with Crippen LogP contribution in [0.4, 0.5) is 0 Å². The van der Waals surface area contributed by atoms with E-state index in [9.17, 15) is 9.90 Å². The molecule has 1 heterocycles. The summed E-state index contributed by atoms with van der Waals surface area (Å²) in [5.74, 6) is 2.29. The molecule has 0 aliphatic carbocycles. The van der Waals surface area contributed by atoms with E-state index in [2.05, 4.69) is 5.32 Å². The Morgan fingerprint density at radius 2 is 2.33 bits per heavy atom. The fourth-order valence-electron chi connectivity index (χ4n) is 1.21. The van der Waals surface area contributed by atoms with Crippen molar-refractivity contribution in [2.75, 3.05) is 30.3 Å². The van der Waals surface area contributed by atoms with Gasteiger partial charge in [0.05, 0.1) is 0 Å². The molecule has 2 unspecified atom stereocenters. The van der Waals surface area contributed by atoms with Crippen LogP contribution in [0.25, 0.3) is 0 Å². The first-order chi connectivity index (χ1) is 7.02. The molecular weight excluding hydrogens is 234 g/mol. The van der Waals surface area contributed by atoms with E-state index in [0.29, 0.717) is 5.25 Å². The zero-order valence-corrected chi connectivity index (χ0v) is 10.4. The van der Waals surface area contributed by atoms with E-state index >= 15 is 0 Å². The Morgan fingerprint density at radius 1 is 1.60 bits per heavy atom. The number of aliphatic hydroxyl groups is 1. The van der Waals surface area contributed by atoms with Crippen molar-refractivity contribution < 1.29 is 15.0 Å². The van der Waals surface area contributed by atoms with Gasteiger partial charge in [-0.25, -0.2) is 4.79 Å². The van der Waals surface area contributed by atoms with Gasteiger partial charge in [0.1, 0.15) is 0 Å². The lowest BCUT2D eigenvalue weighted by Crippen LogP contribution is -2.46. The molecule has 1 saturated heterocycles. The topological polar surface area (TPSA) is 69.6 Å². The Kier molecular flexibility index (Phi) is 5.25. The molecule has 0 bridgehead atoms. The van der Waals surface area contributed by atoms with Crippen molar-refractivity contribution in [3.05, 3.63) is 0 Å². The summed E-state index contributed by atoms with van der Waals surface area (Å²) >= 11 is 3.84. The van der Waals surface area contributed by atoms with Gasteiger partial charge in [-0.2, -0.15) is 23.5 Å². The minimum Gasteiger partial charge on any atom is -0.479 e. The molecule has 0 aromatic heterocycles. The zero-order valence-electron chi connectivity index (χ0n) is 8.73. The van der Waals surface area contributed by atoms with Crippen LogP contribution in [0.1, 0.15) is 6.92 Å². The highest BCUT2D eigenvalue weighted by molar-refractivity contribution is 8.06. The number of thioether (sulfide) groups is 2. The smallest absolute Gasteiger partial charge is 0.336 e. The summed E-state index contributed by atoms with van der Waals surface area (Å²) in [6.07, 6.45) is 0. The first-order valence-corrected chi connectivity index (χ1v) is 7.08. The van der Waals surface area contributed by atoms with Crippen molar-refractivity contribution in [2.45, 2.75) is 17.8 Å². The summed E-state index contributed by atoms with van der Waals surface area (Å²) in [4.78, 5) is 10.6. The number of nitrogens with one attached hydrogen (secondary N) is 1. The van der Waals surface area contributed by atoms with Gasteiger partial charge in [0.15, 0.2) is 5.60 Å². The highest BCUT2D eigenvalue weighted by atomic mass is 32.2. The summed E-state index contributed by atoms with van der Waals surface area (Å²) in [5.41, 5.74) is -1.66. The number of carbonyl (C=O) groups is 1. The first kappa shape index (κ1) is 13.2. The highest BCUT2D eigenvalue weighted by Gasteiger charge is 2.29. The van der Waals surface area contributed by atoms with Gasteiger partial charge >= 0.3 is 5.97 Å². The van der Waals surface area contributed by atoms with E-state index in [-0.39, 0.29) is 6.54 Å². The number of hydrogen-bond acceptors (Lipinski definition) is 5. The van der Waals surface area contributed by atoms with Gasteiger partial charge in [0.25, 0.3) is 0 Å². The second kappa shape index (κ2) is 5.98. The zero-order chi connectivity index (χ0) is 11.3. The average Bonchev–Trinajstić information content (AvgIpc) is 2.19. The number of carboxylic acids is 1. The van der Waals surface area contributed by atoms with Crippen LogP contribution in [0.5, 0.6) is 0 Å². The second-order valence-electron chi connectivity index (χ2n) is 3.78. The van der Waals surface area contributed by atoms with Crippen LogP contribution >= 0.6 is 23.5 Å². The van der Waals surface area contributed by atoms with E-state index in [4.69, 9.17) is 5.11 Å². The molecule has 2 atom stereocenters. The lowest BCUT2D eigenvalue weighted by molar-refractivity contribution is -0.156. The molecule has 1 aliphatic heterocycles. The third-order valence-electron chi connectivity index (χ3n) is 2.19. The van der Waals surface area contributed by atoms with E-state index in [1.54, 1.807) is 0 Å². The van der Waals surface area contributed by atoms with Crippen LogP contribution < -0.4 is 5.32 Å². The van der Waals surface area contributed by atoms with Gasteiger partial charge in [0, 0.05) is 35.6 Å². The van der Waals surface area contributed by atoms with Crippen LogP contribution in [0.15, 0.2) is 0 Å². The van der Waals surface area contributed by atoms with Crippen LogP contribution in [0.2, 0.25) is 0 Å². The number of carboxylic acid groups (broad SMARTS) is 1. The molecule has 15 heavy (non-hydrogen) atoms. The molecule has 0 aromatic rings. The minimum atomic E-state index is -1.66. The predicted molar refractivity (Wildman–Crippen MR) is 64.7 cm³/mol. The van der Waals surface area contributed by atoms with Gasteiger partial charge in [-0.3, -0.25) is 0 Å². The van der Waals surface area contributed by atoms with E-state index in [0.717, 1.165) is 18.1 Å². The summed E-state index contributed by atoms with van der Waals surface area (Å²) < 4.78 is 0. The summed E-state index contributed by atoms with van der Waals surface area (Å²) in [6.45, 7) is 2.18. The molecule has 3 N–H and O–H groups in total. The van der Waals surface area contributed by atoms with Gasteiger partial charge in [0.2, 0.25) is 0 Å². The Bertz CT molecular complexity index is 217. The van der Waals surface area contributed by atoms with Gasteiger partial charge in [-0.15, -0.1) is 0 Å². The van der Waals surface area contributed by atoms with Gasteiger partial charge < -0.3 is 15.5 Å². The fourth-order valence-corrected chi connectivity index (χ4v) is 3.85. The minimum absolute atomic E-state index is 0.101.